The van der Waals surface area contributed by atoms with Crippen LogP contribution < -0.4 is 10.6 Å². The lowest BCUT2D eigenvalue weighted by atomic mass is 10.1. The van der Waals surface area contributed by atoms with Crippen LogP contribution >= 0.6 is 27.7 Å². The highest BCUT2D eigenvalue weighted by molar-refractivity contribution is 9.10. The normalized spacial score (nSPS) is 11.8. The molecule has 0 aliphatic carbocycles. The molecule has 6 nitrogen and oxygen atoms in total. The summed E-state index contributed by atoms with van der Waals surface area (Å²) in [4.78, 5) is 25.1. The lowest BCUT2D eigenvalue weighted by Gasteiger charge is -2.18. The van der Waals surface area contributed by atoms with Crippen LogP contribution in [0.3, 0.4) is 0 Å². The maximum absolute atomic E-state index is 12.5. The van der Waals surface area contributed by atoms with Gasteiger partial charge in [0.05, 0.1) is 11.8 Å². The Morgan fingerprint density at radius 1 is 1.33 bits per heavy atom. The second-order valence-electron chi connectivity index (χ2n) is 6.21. The zero-order chi connectivity index (χ0) is 19.6. The SMILES string of the molecule is CSCCC(NC(=O)c1ccccc1Br)C(=O)NCCCn1cc(C)cn1. The van der Waals surface area contributed by atoms with Crippen molar-refractivity contribution in [1.82, 2.24) is 20.4 Å². The van der Waals surface area contributed by atoms with Crippen molar-refractivity contribution in [3.8, 4) is 0 Å². The van der Waals surface area contributed by atoms with E-state index < -0.39 is 6.04 Å². The highest BCUT2D eigenvalue weighted by Crippen LogP contribution is 2.16. The van der Waals surface area contributed by atoms with Crippen LogP contribution in [0.1, 0.15) is 28.8 Å². The number of benzene rings is 1. The average Bonchev–Trinajstić information content (AvgIpc) is 3.07. The third-order valence-electron chi connectivity index (χ3n) is 3.98. The number of carbonyl (C=O) groups excluding carboxylic acids is 2. The van der Waals surface area contributed by atoms with Gasteiger partial charge in [-0.05, 0) is 65.4 Å². The quantitative estimate of drug-likeness (QED) is 0.543. The first-order valence-electron chi connectivity index (χ1n) is 8.82. The maximum Gasteiger partial charge on any atom is 0.253 e. The van der Waals surface area contributed by atoms with E-state index in [1.165, 1.54) is 0 Å². The summed E-state index contributed by atoms with van der Waals surface area (Å²) in [6.45, 7) is 3.28. The Labute approximate surface area is 172 Å². The lowest BCUT2D eigenvalue weighted by molar-refractivity contribution is -0.123. The van der Waals surface area contributed by atoms with Crippen LogP contribution in [-0.4, -0.2) is 46.2 Å². The minimum Gasteiger partial charge on any atom is -0.354 e. The summed E-state index contributed by atoms with van der Waals surface area (Å²) in [6, 6.07) is 6.63. The molecule has 146 valence electrons. The molecule has 0 fully saturated rings. The van der Waals surface area contributed by atoms with Crippen LogP contribution in [0.5, 0.6) is 0 Å². The van der Waals surface area contributed by atoms with Crippen LogP contribution in [0.15, 0.2) is 41.1 Å². The number of rotatable bonds is 10. The predicted octanol–water partition coefficient (Wildman–Crippen LogP) is 3.01. The Balaban J connectivity index is 1.86. The molecule has 27 heavy (non-hydrogen) atoms. The van der Waals surface area contributed by atoms with Gasteiger partial charge in [0.15, 0.2) is 0 Å². The van der Waals surface area contributed by atoms with Gasteiger partial charge in [-0.3, -0.25) is 14.3 Å². The van der Waals surface area contributed by atoms with E-state index >= 15 is 0 Å². The first kappa shape index (κ1) is 21.5. The fraction of sp³-hybridized carbons (Fsp3) is 0.421. The van der Waals surface area contributed by atoms with Crippen molar-refractivity contribution >= 4 is 39.5 Å². The Kier molecular flexibility index (Phi) is 8.87. The van der Waals surface area contributed by atoms with Gasteiger partial charge >= 0.3 is 0 Å². The van der Waals surface area contributed by atoms with Crippen molar-refractivity contribution in [2.24, 2.45) is 0 Å². The highest BCUT2D eigenvalue weighted by atomic mass is 79.9. The molecule has 1 atom stereocenters. The van der Waals surface area contributed by atoms with Gasteiger partial charge in [0.2, 0.25) is 5.91 Å². The molecule has 2 aromatic rings. The Bertz CT molecular complexity index is 766. The van der Waals surface area contributed by atoms with Crippen molar-refractivity contribution in [3.63, 3.8) is 0 Å². The van der Waals surface area contributed by atoms with E-state index in [9.17, 15) is 9.59 Å². The number of aryl methyl sites for hydroxylation is 2. The molecule has 8 heteroatoms. The van der Waals surface area contributed by atoms with Crippen molar-refractivity contribution in [1.29, 1.82) is 0 Å². The molecular formula is C19H25BrN4O2S. The molecule has 2 amide bonds. The van der Waals surface area contributed by atoms with E-state index in [0.29, 0.717) is 23.0 Å². The largest absolute Gasteiger partial charge is 0.354 e. The van der Waals surface area contributed by atoms with Gasteiger partial charge in [0, 0.05) is 23.8 Å². The van der Waals surface area contributed by atoms with Crippen molar-refractivity contribution in [3.05, 3.63) is 52.3 Å². The average molecular weight is 453 g/mol. The Morgan fingerprint density at radius 2 is 2.11 bits per heavy atom. The lowest BCUT2D eigenvalue weighted by Crippen LogP contribution is -2.47. The number of nitrogens with zero attached hydrogens (tertiary/aromatic N) is 2. The monoisotopic (exact) mass is 452 g/mol. The molecular weight excluding hydrogens is 428 g/mol. The third kappa shape index (κ3) is 7.03. The molecule has 0 aliphatic heterocycles. The summed E-state index contributed by atoms with van der Waals surface area (Å²) >= 11 is 5.03. The number of hydrogen-bond donors (Lipinski definition) is 2. The third-order valence-corrected chi connectivity index (χ3v) is 5.31. The number of nitrogens with one attached hydrogen (secondary N) is 2. The fourth-order valence-electron chi connectivity index (χ4n) is 2.55. The highest BCUT2D eigenvalue weighted by Gasteiger charge is 2.21. The van der Waals surface area contributed by atoms with Crippen LogP contribution in [0.4, 0.5) is 0 Å². The molecule has 0 spiro atoms. The molecule has 0 saturated heterocycles. The van der Waals surface area contributed by atoms with Gasteiger partial charge < -0.3 is 10.6 Å². The summed E-state index contributed by atoms with van der Waals surface area (Å²) in [7, 11) is 0. The Morgan fingerprint density at radius 3 is 2.78 bits per heavy atom. The molecule has 2 rings (SSSR count). The van der Waals surface area contributed by atoms with Crippen LogP contribution in [0, 0.1) is 6.92 Å². The van der Waals surface area contributed by atoms with Crippen LogP contribution in [0.2, 0.25) is 0 Å². The zero-order valence-corrected chi connectivity index (χ0v) is 18.0. The van der Waals surface area contributed by atoms with Gasteiger partial charge in [-0.25, -0.2) is 0 Å². The smallest absolute Gasteiger partial charge is 0.253 e. The van der Waals surface area contributed by atoms with Crippen molar-refractivity contribution in [2.45, 2.75) is 32.4 Å². The van der Waals surface area contributed by atoms with Crippen LogP contribution in [0.25, 0.3) is 0 Å². The molecule has 0 saturated carbocycles. The molecule has 2 N–H and O–H groups in total. The zero-order valence-electron chi connectivity index (χ0n) is 15.6. The number of thioether (sulfide) groups is 1. The van der Waals surface area contributed by atoms with E-state index in [1.54, 1.807) is 23.9 Å². The molecule has 0 bridgehead atoms. The molecule has 1 aromatic heterocycles. The summed E-state index contributed by atoms with van der Waals surface area (Å²) in [6.07, 6.45) is 7.13. The molecule has 1 aromatic carbocycles. The minimum atomic E-state index is -0.552. The minimum absolute atomic E-state index is 0.152. The number of aromatic nitrogens is 2. The van der Waals surface area contributed by atoms with E-state index in [4.69, 9.17) is 0 Å². The fourth-order valence-corrected chi connectivity index (χ4v) is 3.49. The summed E-state index contributed by atoms with van der Waals surface area (Å²) in [5, 5.41) is 10.0. The van der Waals surface area contributed by atoms with E-state index in [1.807, 2.05) is 42.4 Å². The summed E-state index contributed by atoms with van der Waals surface area (Å²) < 4.78 is 2.57. The summed E-state index contributed by atoms with van der Waals surface area (Å²) in [5.74, 6) is 0.387. The van der Waals surface area contributed by atoms with E-state index in [2.05, 4.69) is 31.7 Å². The predicted molar refractivity (Wildman–Crippen MR) is 113 cm³/mol. The second kappa shape index (κ2) is 11.1. The van der Waals surface area contributed by atoms with Gasteiger partial charge in [0.1, 0.15) is 6.04 Å². The van der Waals surface area contributed by atoms with Crippen LogP contribution in [-0.2, 0) is 11.3 Å². The Hall–Kier alpha value is -1.80. The number of amides is 2. The van der Waals surface area contributed by atoms with Crippen molar-refractivity contribution in [2.75, 3.05) is 18.6 Å². The summed E-state index contributed by atoms with van der Waals surface area (Å²) in [5.41, 5.74) is 1.64. The van der Waals surface area contributed by atoms with Gasteiger partial charge in [0.25, 0.3) is 5.91 Å². The van der Waals surface area contributed by atoms with E-state index in [-0.39, 0.29) is 11.8 Å². The first-order valence-corrected chi connectivity index (χ1v) is 11.0. The first-order chi connectivity index (χ1) is 13.0. The maximum atomic E-state index is 12.5. The number of carbonyl (C=O) groups is 2. The second-order valence-corrected chi connectivity index (χ2v) is 8.05. The van der Waals surface area contributed by atoms with Gasteiger partial charge in [-0.15, -0.1) is 0 Å². The molecule has 0 radical (unpaired) electrons. The van der Waals surface area contributed by atoms with Crippen molar-refractivity contribution < 1.29 is 9.59 Å². The number of halogens is 1. The topological polar surface area (TPSA) is 76.0 Å². The number of hydrogen-bond acceptors (Lipinski definition) is 4. The molecule has 1 unspecified atom stereocenters. The van der Waals surface area contributed by atoms with Gasteiger partial charge in [-0.2, -0.15) is 16.9 Å². The van der Waals surface area contributed by atoms with Gasteiger partial charge in [-0.1, -0.05) is 12.1 Å². The molecule has 1 heterocycles. The standard InChI is InChI=1S/C19H25BrN4O2S/c1-14-12-22-24(13-14)10-5-9-21-19(26)17(8-11-27-2)23-18(25)15-6-3-4-7-16(15)20/h3-4,6-7,12-13,17H,5,8-11H2,1-2H3,(H,21,26)(H,23,25). The molecule has 0 aliphatic rings. The van der Waals surface area contributed by atoms with E-state index in [0.717, 1.165) is 24.3 Å².